The molecular weight excluding hydrogens is 205 g/mol. The van der Waals surface area contributed by atoms with E-state index < -0.39 is 0 Å². The lowest BCUT2D eigenvalue weighted by Gasteiger charge is -2.06. The molecule has 0 saturated heterocycles. The van der Waals surface area contributed by atoms with Crippen LogP contribution in [0.25, 0.3) is 0 Å². The molecule has 0 radical (unpaired) electrons. The van der Waals surface area contributed by atoms with Crippen molar-refractivity contribution in [2.45, 2.75) is 26.3 Å². The monoisotopic (exact) mass is 221 g/mol. The Morgan fingerprint density at radius 2 is 2.31 bits per heavy atom. The number of nitrogens with zero attached hydrogens (tertiary/aromatic N) is 1. The number of ether oxygens (including phenoxy) is 1. The molecule has 2 nitrogen and oxygen atoms in total. The van der Waals surface area contributed by atoms with E-state index in [0.717, 1.165) is 11.5 Å². The Morgan fingerprint density at radius 3 is 2.94 bits per heavy atom. The molecule has 1 aromatic rings. The van der Waals surface area contributed by atoms with Gasteiger partial charge < -0.3 is 4.74 Å². The first-order chi connectivity index (χ1) is 7.65. The van der Waals surface area contributed by atoms with E-state index in [4.69, 9.17) is 4.74 Å². The highest BCUT2D eigenvalue weighted by Gasteiger charge is 2.21. The highest BCUT2D eigenvalue weighted by atomic mass is 19.1. The molecule has 0 bridgehead atoms. The average Bonchev–Trinajstić information content (AvgIpc) is 2.66. The maximum Gasteiger partial charge on any atom is 0.188 e. The third-order valence-corrected chi connectivity index (χ3v) is 2.74. The third kappa shape index (κ3) is 2.60. The molecule has 16 heavy (non-hydrogen) atoms. The van der Waals surface area contributed by atoms with Gasteiger partial charge in [0.25, 0.3) is 0 Å². The standard InChI is InChI=1S/C13H16FNO/c1-9(2)12-8-16-13(15-12)7-10-4-3-5-11(14)6-10/h3-6,9,12H,7-8H2,1-2H3/t12-/m1/s1. The van der Waals surface area contributed by atoms with Crippen molar-refractivity contribution in [1.29, 1.82) is 0 Å². The van der Waals surface area contributed by atoms with Crippen molar-refractivity contribution in [2.24, 2.45) is 10.9 Å². The summed E-state index contributed by atoms with van der Waals surface area (Å²) in [6.07, 6.45) is 0.584. The van der Waals surface area contributed by atoms with E-state index in [1.807, 2.05) is 6.07 Å². The van der Waals surface area contributed by atoms with E-state index in [1.54, 1.807) is 6.07 Å². The predicted octanol–water partition coefficient (Wildman–Crippen LogP) is 2.82. The van der Waals surface area contributed by atoms with Crippen LogP contribution in [-0.4, -0.2) is 18.5 Å². The van der Waals surface area contributed by atoms with Gasteiger partial charge in [0.2, 0.25) is 0 Å². The normalized spacial score (nSPS) is 19.8. The second-order valence-electron chi connectivity index (χ2n) is 4.45. The molecule has 0 spiro atoms. The molecule has 0 saturated carbocycles. The molecule has 0 N–H and O–H groups in total. The summed E-state index contributed by atoms with van der Waals surface area (Å²) in [5.41, 5.74) is 0.906. The van der Waals surface area contributed by atoms with Crippen LogP contribution < -0.4 is 0 Å². The van der Waals surface area contributed by atoms with Gasteiger partial charge in [0.05, 0.1) is 6.04 Å². The molecule has 1 heterocycles. The van der Waals surface area contributed by atoms with E-state index in [1.165, 1.54) is 12.1 Å². The van der Waals surface area contributed by atoms with Gasteiger partial charge in [0.15, 0.2) is 5.90 Å². The second kappa shape index (κ2) is 4.64. The summed E-state index contributed by atoms with van der Waals surface area (Å²) in [5.74, 6) is 1.01. The minimum atomic E-state index is -0.212. The van der Waals surface area contributed by atoms with Crippen molar-refractivity contribution in [2.75, 3.05) is 6.61 Å². The number of hydrogen-bond donors (Lipinski definition) is 0. The minimum Gasteiger partial charge on any atom is -0.478 e. The molecule has 0 aromatic heterocycles. The van der Waals surface area contributed by atoms with E-state index in [2.05, 4.69) is 18.8 Å². The highest BCUT2D eigenvalue weighted by Crippen LogP contribution is 2.16. The Kier molecular flexibility index (Phi) is 3.22. The minimum absolute atomic E-state index is 0.212. The van der Waals surface area contributed by atoms with Gasteiger partial charge in [0.1, 0.15) is 12.4 Å². The molecule has 1 aliphatic heterocycles. The first-order valence-corrected chi connectivity index (χ1v) is 5.59. The van der Waals surface area contributed by atoms with Gasteiger partial charge >= 0.3 is 0 Å². The molecule has 0 unspecified atom stereocenters. The lowest BCUT2D eigenvalue weighted by atomic mass is 10.1. The van der Waals surface area contributed by atoms with Crippen LogP contribution in [0.3, 0.4) is 0 Å². The van der Waals surface area contributed by atoms with E-state index in [0.29, 0.717) is 18.9 Å². The molecule has 1 atom stereocenters. The smallest absolute Gasteiger partial charge is 0.188 e. The van der Waals surface area contributed by atoms with Gasteiger partial charge in [-0.1, -0.05) is 26.0 Å². The number of aliphatic imine (C=N–C) groups is 1. The fourth-order valence-corrected chi connectivity index (χ4v) is 1.70. The van der Waals surface area contributed by atoms with Gasteiger partial charge in [-0.15, -0.1) is 0 Å². The molecule has 86 valence electrons. The van der Waals surface area contributed by atoms with Gasteiger partial charge in [-0.05, 0) is 23.6 Å². The van der Waals surface area contributed by atoms with Crippen molar-refractivity contribution in [3.63, 3.8) is 0 Å². The summed E-state index contributed by atoms with van der Waals surface area (Å²) in [6.45, 7) is 4.91. The fourth-order valence-electron chi connectivity index (χ4n) is 1.70. The van der Waals surface area contributed by atoms with Crippen molar-refractivity contribution in [1.82, 2.24) is 0 Å². The number of rotatable bonds is 3. The zero-order chi connectivity index (χ0) is 11.5. The third-order valence-electron chi connectivity index (χ3n) is 2.74. The maximum atomic E-state index is 13.0. The van der Waals surface area contributed by atoms with Gasteiger partial charge in [-0.3, -0.25) is 0 Å². The summed E-state index contributed by atoms with van der Waals surface area (Å²) in [4.78, 5) is 4.48. The topological polar surface area (TPSA) is 21.6 Å². The summed E-state index contributed by atoms with van der Waals surface area (Å²) < 4.78 is 18.5. The van der Waals surface area contributed by atoms with Crippen LogP contribution in [0.5, 0.6) is 0 Å². The fraction of sp³-hybridized carbons (Fsp3) is 0.462. The number of hydrogen-bond acceptors (Lipinski definition) is 2. The first kappa shape index (κ1) is 11.1. The van der Waals surface area contributed by atoms with Crippen molar-refractivity contribution in [3.05, 3.63) is 35.6 Å². The van der Waals surface area contributed by atoms with Gasteiger partial charge in [0, 0.05) is 6.42 Å². The van der Waals surface area contributed by atoms with E-state index in [9.17, 15) is 4.39 Å². The number of halogens is 1. The molecule has 0 fully saturated rings. The Hall–Kier alpha value is -1.38. The molecule has 2 rings (SSSR count). The summed E-state index contributed by atoms with van der Waals surface area (Å²) in [6, 6.07) is 6.81. The zero-order valence-corrected chi connectivity index (χ0v) is 9.61. The molecule has 0 amide bonds. The Balaban J connectivity index is 2.03. The first-order valence-electron chi connectivity index (χ1n) is 5.59. The van der Waals surface area contributed by atoms with Gasteiger partial charge in [-0.2, -0.15) is 0 Å². The Morgan fingerprint density at radius 1 is 1.50 bits per heavy atom. The molecular formula is C13H16FNO. The van der Waals surface area contributed by atoms with Crippen LogP contribution in [-0.2, 0) is 11.2 Å². The molecule has 1 aromatic carbocycles. The summed E-state index contributed by atoms with van der Waals surface area (Å²) in [5, 5.41) is 0. The van der Waals surface area contributed by atoms with E-state index >= 15 is 0 Å². The predicted molar refractivity (Wildman–Crippen MR) is 62.1 cm³/mol. The Bertz CT molecular complexity index is 401. The second-order valence-corrected chi connectivity index (χ2v) is 4.45. The van der Waals surface area contributed by atoms with Crippen molar-refractivity contribution < 1.29 is 9.13 Å². The van der Waals surface area contributed by atoms with Gasteiger partial charge in [-0.25, -0.2) is 9.38 Å². The lowest BCUT2D eigenvalue weighted by molar-refractivity contribution is 0.287. The summed E-state index contributed by atoms with van der Waals surface area (Å²) >= 11 is 0. The lowest BCUT2D eigenvalue weighted by Crippen LogP contribution is -2.13. The van der Waals surface area contributed by atoms with Crippen LogP contribution >= 0.6 is 0 Å². The van der Waals surface area contributed by atoms with Crippen molar-refractivity contribution >= 4 is 5.90 Å². The van der Waals surface area contributed by atoms with Crippen LogP contribution in [0, 0.1) is 11.7 Å². The summed E-state index contributed by atoms with van der Waals surface area (Å²) in [7, 11) is 0. The Labute approximate surface area is 95.2 Å². The number of benzene rings is 1. The van der Waals surface area contributed by atoms with E-state index in [-0.39, 0.29) is 11.9 Å². The van der Waals surface area contributed by atoms with Crippen LogP contribution in [0.4, 0.5) is 4.39 Å². The van der Waals surface area contributed by atoms with Crippen LogP contribution in [0.2, 0.25) is 0 Å². The maximum absolute atomic E-state index is 13.0. The van der Waals surface area contributed by atoms with Crippen molar-refractivity contribution in [3.8, 4) is 0 Å². The zero-order valence-electron chi connectivity index (χ0n) is 9.61. The average molecular weight is 221 g/mol. The SMILES string of the molecule is CC(C)[C@H]1COC(Cc2cccc(F)c2)=N1. The molecule has 0 aliphatic carbocycles. The quantitative estimate of drug-likeness (QED) is 0.769. The van der Waals surface area contributed by atoms with Crippen LogP contribution in [0.1, 0.15) is 19.4 Å². The molecule has 1 aliphatic rings. The highest BCUT2D eigenvalue weighted by molar-refractivity contribution is 5.80. The molecule has 3 heteroatoms. The van der Waals surface area contributed by atoms with Crippen LogP contribution in [0.15, 0.2) is 29.3 Å². The largest absolute Gasteiger partial charge is 0.478 e.